The molecule has 0 spiro atoms. The predicted octanol–water partition coefficient (Wildman–Crippen LogP) is 5.89. The Morgan fingerprint density at radius 3 is 2.23 bits per heavy atom. The Balaban J connectivity index is 1.60. The largest absolute Gasteiger partial charge is 0.497 e. The van der Waals surface area contributed by atoms with Gasteiger partial charge in [0.25, 0.3) is 0 Å². The highest BCUT2D eigenvalue weighted by molar-refractivity contribution is 5.74. The molecule has 1 N–H and O–H groups in total. The third kappa shape index (κ3) is 7.11. The number of allylic oxidation sites excluding steroid dienone is 1. The molecular formula is C29H32O6. The summed E-state index contributed by atoms with van der Waals surface area (Å²) >= 11 is 0. The second-order valence-electron chi connectivity index (χ2n) is 7.97. The minimum atomic E-state index is -0.955. The molecule has 0 aromatic heterocycles. The highest BCUT2D eigenvalue weighted by Gasteiger charge is 2.17. The quantitative estimate of drug-likeness (QED) is 0.352. The molecule has 3 rings (SSSR count). The first-order valence-electron chi connectivity index (χ1n) is 11.5. The average Bonchev–Trinajstić information content (AvgIpc) is 2.89. The van der Waals surface area contributed by atoms with Crippen LogP contribution in [0.4, 0.5) is 0 Å². The molecule has 0 heterocycles. The van der Waals surface area contributed by atoms with Crippen LogP contribution in [0.3, 0.4) is 0 Å². The van der Waals surface area contributed by atoms with Crippen LogP contribution in [0.1, 0.15) is 25.0 Å². The van der Waals surface area contributed by atoms with E-state index in [-0.39, 0.29) is 0 Å². The van der Waals surface area contributed by atoms with Crippen molar-refractivity contribution in [3.05, 3.63) is 83.9 Å². The van der Waals surface area contributed by atoms with Gasteiger partial charge in [-0.15, -0.1) is 0 Å². The molecule has 1 atom stereocenters. The van der Waals surface area contributed by atoms with Gasteiger partial charge in [-0.25, -0.2) is 4.79 Å². The number of ether oxygens (including phenoxy) is 4. The molecule has 184 valence electrons. The molecule has 6 heteroatoms. The number of benzene rings is 3. The molecular weight excluding hydrogens is 444 g/mol. The summed E-state index contributed by atoms with van der Waals surface area (Å²) in [5.74, 6) is 1.34. The molecule has 0 bridgehead atoms. The maximum absolute atomic E-state index is 11.3. The zero-order chi connectivity index (χ0) is 25.2. The number of hydrogen-bond donors (Lipinski definition) is 1. The van der Waals surface area contributed by atoms with Crippen molar-refractivity contribution in [1.29, 1.82) is 0 Å². The molecule has 0 aliphatic rings. The summed E-state index contributed by atoms with van der Waals surface area (Å²) in [5.41, 5.74) is 5.11. The highest BCUT2D eigenvalue weighted by atomic mass is 16.5. The lowest BCUT2D eigenvalue weighted by molar-refractivity contribution is -0.149. The zero-order valence-corrected chi connectivity index (χ0v) is 20.6. The first kappa shape index (κ1) is 25.8. The van der Waals surface area contributed by atoms with Gasteiger partial charge in [0, 0.05) is 18.6 Å². The number of carboxylic acids is 1. The van der Waals surface area contributed by atoms with E-state index in [9.17, 15) is 9.90 Å². The van der Waals surface area contributed by atoms with E-state index in [0.29, 0.717) is 19.6 Å². The Hall–Kier alpha value is -3.77. The lowest BCUT2D eigenvalue weighted by Gasteiger charge is -2.13. The third-order valence-corrected chi connectivity index (χ3v) is 5.69. The van der Waals surface area contributed by atoms with Gasteiger partial charge in [-0.1, -0.05) is 36.4 Å². The van der Waals surface area contributed by atoms with E-state index in [1.54, 1.807) is 21.1 Å². The van der Waals surface area contributed by atoms with Gasteiger partial charge in [0.05, 0.1) is 14.2 Å². The standard InChI is InChI=1S/C29H32O6/c1-5-34-28(29(30)31)18-21-6-12-24(13-7-21)35-17-16-20(2)22-8-10-23(11-9-22)26-19-25(32-3)14-15-27(26)33-4/h6-16,19,28H,5,17-18H2,1-4H3,(H,30,31)/b20-16-. The molecule has 35 heavy (non-hydrogen) atoms. The molecule has 0 saturated heterocycles. The zero-order valence-electron chi connectivity index (χ0n) is 20.6. The molecule has 1 unspecified atom stereocenters. The first-order chi connectivity index (χ1) is 16.9. The fraction of sp³-hybridized carbons (Fsp3) is 0.276. The van der Waals surface area contributed by atoms with Crippen molar-refractivity contribution < 1.29 is 28.8 Å². The van der Waals surface area contributed by atoms with Crippen LogP contribution in [0.25, 0.3) is 16.7 Å². The van der Waals surface area contributed by atoms with E-state index in [1.807, 2.05) is 55.5 Å². The van der Waals surface area contributed by atoms with Gasteiger partial charge in [-0.3, -0.25) is 0 Å². The Morgan fingerprint density at radius 2 is 1.63 bits per heavy atom. The average molecular weight is 477 g/mol. The van der Waals surface area contributed by atoms with Crippen molar-refractivity contribution in [1.82, 2.24) is 0 Å². The molecule has 0 saturated carbocycles. The summed E-state index contributed by atoms with van der Waals surface area (Å²) in [6.45, 7) is 4.62. The molecule has 6 nitrogen and oxygen atoms in total. The number of rotatable bonds is 12. The minimum absolute atomic E-state index is 0.320. The van der Waals surface area contributed by atoms with Gasteiger partial charge in [0.1, 0.15) is 23.9 Å². The fourth-order valence-electron chi connectivity index (χ4n) is 3.69. The van der Waals surface area contributed by atoms with E-state index in [0.717, 1.165) is 45.1 Å². The molecule has 3 aromatic carbocycles. The van der Waals surface area contributed by atoms with E-state index in [1.165, 1.54) is 0 Å². The summed E-state index contributed by atoms with van der Waals surface area (Å²) in [5, 5.41) is 9.23. The summed E-state index contributed by atoms with van der Waals surface area (Å²) in [7, 11) is 3.31. The summed E-state index contributed by atoms with van der Waals surface area (Å²) in [6.07, 6.45) is 1.51. The van der Waals surface area contributed by atoms with Crippen molar-refractivity contribution >= 4 is 11.5 Å². The van der Waals surface area contributed by atoms with Crippen molar-refractivity contribution in [2.45, 2.75) is 26.4 Å². The van der Waals surface area contributed by atoms with E-state index < -0.39 is 12.1 Å². The monoisotopic (exact) mass is 476 g/mol. The van der Waals surface area contributed by atoms with Gasteiger partial charge in [-0.2, -0.15) is 0 Å². The predicted molar refractivity (Wildman–Crippen MR) is 137 cm³/mol. The fourth-order valence-corrected chi connectivity index (χ4v) is 3.69. The van der Waals surface area contributed by atoms with Gasteiger partial charge in [0.2, 0.25) is 0 Å². The number of hydrogen-bond acceptors (Lipinski definition) is 5. The number of aliphatic carboxylic acids is 1. The van der Waals surface area contributed by atoms with Crippen molar-refractivity contribution in [2.75, 3.05) is 27.4 Å². The Morgan fingerprint density at radius 1 is 0.943 bits per heavy atom. The summed E-state index contributed by atoms with van der Waals surface area (Å²) in [6, 6.07) is 21.5. The second-order valence-corrected chi connectivity index (χ2v) is 7.97. The number of methoxy groups -OCH3 is 2. The Labute approximate surface area is 206 Å². The molecule has 0 radical (unpaired) electrons. The second kappa shape index (κ2) is 12.6. The minimum Gasteiger partial charge on any atom is -0.497 e. The molecule has 3 aromatic rings. The van der Waals surface area contributed by atoms with E-state index >= 15 is 0 Å². The lowest BCUT2D eigenvalue weighted by atomic mass is 10.00. The van der Waals surface area contributed by atoms with E-state index in [2.05, 4.69) is 24.3 Å². The Bertz CT molecular complexity index is 1130. The van der Waals surface area contributed by atoms with Crippen LogP contribution in [0.2, 0.25) is 0 Å². The molecule has 0 fully saturated rings. The van der Waals surface area contributed by atoms with Gasteiger partial charge in [-0.05, 0) is 72.5 Å². The smallest absolute Gasteiger partial charge is 0.333 e. The van der Waals surface area contributed by atoms with E-state index in [4.69, 9.17) is 18.9 Å². The van der Waals surface area contributed by atoms with Crippen LogP contribution in [0.15, 0.2) is 72.8 Å². The SMILES string of the molecule is CCOC(Cc1ccc(OC/C=C(/C)c2ccc(-c3cc(OC)ccc3OC)cc2)cc1)C(=O)O. The number of carbonyl (C=O) groups is 1. The van der Waals surface area contributed by atoms with Crippen LogP contribution < -0.4 is 14.2 Å². The van der Waals surface area contributed by atoms with Crippen molar-refractivity contribution in [2.24, 2.45) is 0 Å². The summed E-state index contributed by atoms with van der Waals surface area (Å²) < 4.78 is 22.0. The van der Waals surface area contributed by atoms with Crippen molar-refractivity contribution in [3.63, 3.8) is 0 Å². The van der Waals surface area contributed by atoms with Crippen LogP contribution in [0.5, 0.6) is 17.2 Å². The summed E-state index contributed by atoms with van der Waals surface area (Å²) in [4.78, 5) is 11.3. The first-order valence-corrected chi connectivity index (χ1v) is 11.5. The molecule has 0 aliphatic carbocycles. The number of carboxylic acid groups (broad SMARTS) is 1. The van der Waals surface area contributed by atoms with Crippen molar-refractivity contribution in [3.8, 4) is 28.4 Å². The maximum Gasteiger partial charge on any atom is 0.333 e. The Kier molecular flexibility index (Phi) is 9.32. The van der Waals surface area contributed by atoms with Crippen LogP contribution >= 0.6 is 0 Å². The van der Waals surface area contributed by atoms with Crippen LogP contribution in [0, 0.1) is 0 Å². The highest BCUT2D eigenvalue weighted by Crippen LogP contribution is 2.34. The normalized spacial score (nSPS) is 12.2. The topological polar surface area (TPSA) is 74.2 Å². The van der Waals surface area contributed by atoms with Gasteiger partial charge in [0.15, 0.2) is 6.10 Å². The molecule has 0 amide bonds. The maximum atomic E-state index is 11.3. The third-order valence-electron chi connectivity index (χ3n) is 5.69. The van der Waals surface area contributed by atoms with Gasteiger partial charge < -0.3 is 24.1 Å². The molecule has 0 aliphatic heterocycles. The van der Waals surface area contributed by atoms with Crippen LogP contribution in [-0.2, 0) is 16.0 Å². The van der Waals surface area contributed by atoms with Crippen LogP contribution in [-0.4, -0.2) is 44.6 Å². The lowest BCUT2D eigenvalue weighted by Crippen LogP contribution is -2.26. The van der Waals surface area contributed by atoms with Gasteiger partial charge >= 0.3 is 5.97 Å².